The van der Waals surface area contributed by atoms with Crippen LogP contribution in [0.2, 0.25) is 0 Å². The maximum atomic E-state index is 5.93. The number of ether oxygens (including phenoxy) is 1. The highest BCUT2D eigenvalue weighted by Gasteiger charge is 2.07. The molecule has 2 rings (SSSR count). The Morgan fingerprint density at radius 1 is 1.26 bits per heavy atom. The van der Waals surface area contributed by atoms with Crippen LogP contribution in [0.15, 0.2) is 34.8 Å². The molecule has 0 spiro atoms. The van der Waals surface area contributed by atoms with Crippen LogP contribution in [-0.4, -0.2) is 4.98 Å². The van der Waals surface area contributed by atoms with Gasteiger partial charge in [0.1, 0.15) is 11.5 Å². The fourth-order valence-electron chi connectivity index (χ4n) is 1.87. The zero-order valence-corrected chi connectivity index (χ0v) is 12.7. The minimum Gasteiger partial charge on any atom is -0.455 e. The van der Waals surface area contributed by atoms with Crippen molar-refractivity contribution in [3.63, 3.8) is 0 Å². The number of aromatic nitrogens is 1. The van der Waals surface area contributed by atoms with E-state index in [0.717, 1.165) is 39.3 Å². The van der Waals surface area contributed by atoms with Crippen LogP contribution in [0.25, 0.3) is 0 Å². The molecule has 0 amide bonds. The lowest BCUT2D eigenvalue weighted by atomic mass is 10.2. The third-order valence-electron chi connectivity index (χ3n) is 2.80. The van der Waals surface area contributed by atoms with Crippen molar-refractivity contribution < 1.29 is 4.74 Å². The maximum Gasteiger partial charge on any atom is 0.148 e. The Morgan fingerprint density at radius 2 is 2.05 bits per heavy atom. The second-order valence-electron chi connectivity index (χ2n) is 4.35. The lowest BCUT2D eigenvalue weighted by Gasteiger charge is -2.11. The number of hydrogen-bond acceptors (Lipinski definition) is 3. The molecule has 0 fully saturated rings. The largest absolute Gasteiger partial charge is 0.455 e. The summed E-state index contributed by atoms with van der Waals surface area (Å²) in [6.45, 7) is 4.54. The third kappa shape index (κ3) is 3.55. The number of nitrogens with two attached hydrogens (primary N) is 1. The molecular weight excluding hydrogens is 304 g/mol. The van der Waals surface area contributed by atoms with Crippen molar-refractivity contribution in [1.82, 2.24) is 4.98 Å². The molecule has 0 atom stereocenters. The van der Waals surface area contributed by atoms with Crippen LogP contribution in [0.3, 0.4) is 0 Å². The van der Waals surface area contributed by atoms with E-state index in [2.05, 4.69) is 27.8 Å². The van der Waals surface area contributed by atoms with Gasteiger partial charge in [0, 0.05) is 16.7 Å². The van der Waals surface area contributed by atoms with E-state index in [1.165, 1.54) is 0 Å². The van der Waals surface area contributed by atoms with Crippen LogP contribution in [0, 0.1) is 6.92 Å². The van der Waals surface area contributed by atoms with Gasteiger partial charge in [0.05, 0.1) is 5.69 Å². The van der Waals surface area contributed by atoms with E-state index in [1.807, 2.05) is 37.3 Å². The SMILES string of the molecule is CCc1nc(C)ccc1Oc1cc(Br)cc(CN)c1. The first-order valence-electron chi connectivity index (χ1n) is 6.26. The minimum atomic E-state index is 0.489. The van der Waals surface area contributed by atoms with Gasteiger partial charge in [0.2, 0.25) is 0 Å². The smallest absolute Gasteiger partial charge is 0.148 e. The molecule has 2 N–H and O–H groups in total. The summed E-state index contributed by atoms with van der Waals surface area (Å²) in [5.41, 5.74) is 8.67. The molecule has 1 aromatic carbocycles. The van der Waals surface area contributed by atoms with Crippen LogP contribution in [0.1, 0.15) is 23.9 Å². The van der Waals surface area contributed by atoms with Crippen molar-refractivity contribution >= 4 is 15.9 Å². The second kappa shape index (κ2) is 6.17. The van der Waals surface area contributed by atoms with Gasteiger partial charge in [-0.3, -0.25) is 4.98 Å². The van der Waals surface area contributed by atoms with E-state index in [0.29, 0.717) is 6.54 Å². The molecule has 0 unspecified atom stereocenters. The van der Waals surface area contributed by atoms with E-state index >= 15 is 0 Å². The average Bonchev–Trinajstić information content (AvgIpc) is 2.40. The molecule has 100 valence electrons. The lowest BCUT2D eigenvalue weighted by Crippen LogP contribution is -1.98. The van der Waals surface area contributed by atoms with Gasteiger partial charge >= 0.3 is 0 Å². The first-order chi connectivity index (χ1) is 9.12. The number of nitrogens with zero attached hydrogens (tertiary/aromatic N) is 1. The van der Waals surface area contributed by atoms with Gasteiger partial charge in [0.15, 0.2) is 0 Å². The highest BCUT2D eigenvalue weighted by molar-refractivity contribution is 9.10. The van der Waals surface area contributed by atoms with Crippen molar-refractivity contribution in [3.8, 4) is 11.5 Å². The van der Waals surface area contributed by atoms with Gasteiger partial charge < -0.3 is 10.5 Å². The Bertz CT molecular complexity index is 584. The molecule has 19 heavy (non-hydrogen) atoms. The number of rotatable bonds is 4. The normalized spacial score (nSPS) is 10.5. The van der Waals surface area contributed by atoms with Crippen LogP contribution in [0.5, 0.6) is 11.5 Å². The first kappa shape index (κ1) is 14.0. The summed E-state index contributed by atoms with van der Waals surface area (Å²) in [6, 6.07) is 9.78. The van der Waals surface area contributed by atoms with E-state index in [1.54, 1.807) is 0 Å². The summed E-state index contributed by atoms with van der Waals surface area (Å²) in [4.78, 5) is 4.49. The molecule has 1 aromatic heterocycles. The fraction of sp³-hybridized carbons (Fsp3) is 0.267. The summed E-state index contributed by atoms with van der Waals surface area (Å²) < 4.78 is 6.89. The number of pyridine rings is 1. The van der Waals surface area contributed by atoms with Crippen molar-refractivity contribution in [2.24, 2.45) is 5.73 Å². The summed E-state index contributed by atoms with van der Waals surface area (Å²) in [6.07, 6.45) is 0.842. The molecule has 0 aliphatic carbocycles. The van der Waals surface area contributed by atoms with Crippen LogP contribution in [-0.2, 0) is 13.0 Å². The second-order valence-corrected chi connectivity index (χ2v) is 5.27. The Hall–Kier alpha value is -1.39. The maximum absolute atomic E-state index is 5.93. The topological polar surface area (TPSA) is 48.1 Å². The predicted molar refractivity (Wildman–Crippen MR) is 80.5 cm³/mol. The average molecular weight is 321 g/mol. The van der Waals surface area contributed by atoms with E-state index in [9.17, 15) is 0 Å². The molecule has 2 aromatic rings. The van der Waals surface area contributed by atoms with Gasteiger partial charge in [-0.05, 0) is 49.2 Å². The van der Waals surface area contributed by atoms with Crippen molar-refractivity contribution in [3.05, 3.63) is 51.8 Å². The molecule has 1 heterocycles. The van der Waals surface area contributed by atoms with Gasteiger partial charge in [-0.25, -0.2) is 0 Å². The zero-order chi connectivity index (χ0) is 13.8. The summed E-state index contributed by atoms with van der Waals surface area (Å²) in [5, 5.41) is 0. The Morgan fingerprint density at radius 3 is 2.74 bits per heavy atom. The van der Waals surface area contributed by atoms with Crippen molar-refractivity contribution in [1.29, 1.82) is 0 Å². The van der Waals surface area contributed by atoms with Crippen molar-refractivity contribution in [2.75, 3.05) is 0 Å². The van der Waals surface area contributed by atoms with Gasteiger partial charge in [0.25, 0.3) is 0 Å². The highest BCUT2D eigenvalue weighted by Crippen LogP contribution is 2.28. The number of aryl methyl sites for hydroxylation is 2. The summed E-state index contributed by atoms with van der Waals surface area (Å²) >= 11 is 3.46. The Balaban J connectivity index is 2.33. The Labute approximate surface area is 121 Å². The number of benzene rings is 1. The van der Waals surface area contributed by atoms with Gasteiger partial charge in [-0.15, -0.1) is 0 Å². The predicted octanol–water partition coefficient (Wildman–Crippen LogP) is 3.97. The van der Waals surface area contributed by atoms with Crippen LogP contribution >= 0.6 is 15.9 Å². The van der Waals surface area contributed by atoms with E-state index in [4.69, 9.17) is 10.5 Å². The molecule has 0 bridgehead atoms. The minimum absolute atomic E-state index is 0.489. The highest BCUT2D eigenvalue weighted by atomic mass is 79.9. The zero-order valence-electron chi connectivity index (χ0n) is 11.1. The van der Waals surface area contributed by atoms with E-state index < -0.39 is 0 Å². The molecule has 3 nitrogen and oxygen atoms in total. The first-order valence-corrected chi connectivity index (χ1v) is 7.05. The lowest BCUT2D eigenvalue weighted by molar-refractivity contribution is 0.472. The molecule has 0 radical (unpaired) electrons. The third-order valence-corrected chi connectivity index (χ3v) is 3.26. The van der Waals surface area contributed by atoms with Crippen LogP contribution < -0.4 is 10.5 Å². The van der Waals surface area contributed by atoms with Crippen molar-refractivity contribution in [2.45, 2.75) is 26.8 Å². The molecule has 0 aliphatic rings. The summed E-state index contributed by atoms with van der Waals surface area (Å²) in [7, 11) is 0. The van der Waals surface area contributed by atoms with Gasteiger partial charge in [-0.2, -0.15) is 0 Å². The molecular formula is C15H17BrN2O. The van der Waals surface area contributed by atoms with Crippen LogP contribution in [0.4, 0.5) is 0 Å². The standard InChI is InChI=1S/C15H17BrN2O/c1-3-14-15(5-4-10(2)18-14)19-13-7-11(9-17)6-12(16)8-13/h4-8H,3,9,17H2,1-2H3. The molecule has 4 heteroatoms. The monoisotopic (exact) mass is 320 g/mol. The quantitative estimate of drug-likeness (QED) is 0.927. The fourth-order valence-corrected chi connectivity index (χ4v) is 2.39. The molecule has 0 aliphatic heterocycles. The summed E-state index contributed by atoms with van der Waals surface area (Å²) in [5.74, 6) is 1.57. The van der Waals surface area contributed by atoms with Gasteiger partial charge in [-0.1, -0.05) is 22.9 Å². The van der Waals surface area contributed by atoms with E-state index in [-0.39, 0.29) is 0 Å². The Kier molecular flexibility index (Phi) is 4.56. The number of hydrogen-bond donors (Lipinski definition) is 1. The molecule has 0 saturated heterocycles. The number of halogens is 1. The molecule has 0 saturated carbocycles.